The fourth-order valence-corrected chi connectivity index (χ4v) is 6.62. The number of hydrogen-bond donors (Lipinski definition) is 0. The number of ketones is 1. The summed E-state index contributed by atoms with van der Waals surface area (Å²) in [5, 5.41) is 0. The topological polar surface area (TPSA) is 44.1 Å². The Morgan fingerprint density at radius 1 is 1.00 bits per heavy atom. The van der Waals surface area contributed by atoms with Crippen molar-refractivity contribution in [2.75, 3.05) is 12.9 Å². The van der Waals surface area contributed by atoms with Crippen LogP contribution in [0.3, 0.4) is 0 Å². The van der Waals surface area contributed by atoms with Gasteiger partial charge in [-0.3, -0.25) is 4.79 Å². The fourth-order valence-electron chi connectivity index (χ4n) is 6.22. The maximum absolute atomic E-state index is 13.0. The Bertz CT molecular complexity index is 1160. The number of thioether (sulfide) groups is 1. The average molecular weight is 614 g/mol. The molecule has 4 rings (SSSR count). The van der Waals surface area contributed by atoms with Gasteiger partial charge in [0.2, 0.25) is 0 Å². The van der Waals surface area contributed by atoms with Gasteiger partial charge in [-0.25, -0.2) is 4.98 Å². The van der Waals surface area contributed by atoms with Gasteiger partial charge in [0.05, 0.1) is 12.9 Å². The first kappa shape index (κ1) is 37.4. The van der Waals surface area contributed by atoms with E-state index in [2.05, 4.69) is 77.0 Å². The fraction of sp³-hybridized carbons (Fsp3) is 0.543. The third-order valence-electron chi connectivity index (χ3n) is 9.20. The largest absolute Gasteiger partial charge is 1.00 e. The van der Waals surface area contributed by atoms with Crippen LogP contribution in [0.2, 0.25) is 17.5 Å². The minimum atomic E-state index is 0. The summed E-state index contributed by atoms with van der Waals surface area (Å²) >= 11 is 1.74. The van der Waals surface area contributed by atoms with Gasteiger partial charge >= 0.3 is 51.4 Å². The number of benzene rings is 2. The molecule has 1 heterocycles. The maximum Gasteiger partial charge on any atom is 1.00 e. The molecule has 2 aromatic carbocycles. The van der Waals surface area contributed by atoms with Crippen LogP contribution in [-0.4, -0.2) is 34.9 Å². The van der Waals surface area contributed by atoms with Crippen LogP contribution >= 0.6 is 11.8 Å². The molecule has 4 nitrogen and oxygen atoms in total. The molecular formula is C35H51BKN2O2S. The molecule has 7 heteroatoms. The Hall–Kier alpha value is -0.829. The number of rotatable bonds is 13. The monoisotopic (exact) mass is 613 g/mol. The molecule has 1 radical (unpaired) electrons. The van der Waals surface area contributed by atoms with Gasteiger partial charge in [-0.15, -0.1) is 18.5 Å². The van der Waals surface area contributed by atoms with Crippen molar-refractivity contribution in [1.82, 2.24) is 9.55 Å². The van der Waals surface area contributed by atoms with Crippen molar-refractivity contribution < 1.29 is 60.9 Å². The van der Waals surface area contributed by atoms with Crippen molar-refractivity contribution in [1.29, 1.82) is 0 Å². The number of aryl methyl sites for hydroxylation is 1. The summed E-state index contributed by atoms with van der Waals surface area (Å²) in [4.78, 5) is 18.3. The molecule has 4 atom stereocenters. The van der Waals surface area contributed by atoms with E-state index in [4.69, 9.17) is 4.74 Å². The smallest absolute Gasteiger partial charge is 0.492 e. The zero-order valence-corrected chi connectivity index (χ0v) is 31.4. The van der Waals surface area contributed by atoms with Crippen molar-refractivity contribution in [3.63, 3.8) is 0 Å². The number of carbonyl (C=O) groups is 1. The molecule has 0 saturated carbocycles. The molecule has 0 saturated heterocycles. The standard InChI is InChI=1S/C23H24N2O2S.C12H27B.K/c1-28-21-7-2-17(3-8-21)14-19-5-4-18-15-20(6-9-22(18)23(19)26)27-13-12-25-11-10-24-16-25;1-7-10(4)13(11(5)8-2)12(6)9-3;/h2-3,6-11,15-16,19H,4-5,12-14H2,1H3;10-12H,7-9H2,1-6H3;/q;-1;+1. The van der Waals surface area contributed by atoms with Gasteiger partial charge in [0.15, 0.2) is 5.78 Å². The number of fused-ring (bicyclic) bond motifs is 1. The molecule has 1 aromatic heterocycles. The van der Waals surface area contributed by atoms with Crippen LogP contribution in [0.25, 0.3) is 0 Å². The van der Waals surface area contributed by atoms with E-state index in [-0.39, 0.29) is 63.1 Å². The van der Waals surface area contributed by atoms with Crippen molar-refractivity contribution in [3.8, 4) is 5.75 Å². The van der Waals surface area contributed by atoms with E-state index < -0.39 is 0 Å². The van der Waals surface area contributed by atoms with E-state index in [0.717, 1.165) is 66.8 Å². The molecule has 0 bridgehead atoms. The number of carbonyl (C=O) groups excluding carboxylic acids is 1. The molecule has 0 aliphatic heterocycles. The molecule has 1 aliphatic rings. The van der Waals surface area contributed by atoms with Crippen LogP contribution in [-0.2, 0) is 19.4 Å². The molecule has 223 valence electrons. The molecular weight excluding hydrogens is 562 g/mol. The predicted octanol–water partition coefficient (Wildman–Crippen LogP) is 6.56. The minimum absolute atomic E-state index is 0. The third-order valence-corrected chi connectivity index (χ3v) is 9.94. The Balaban J connectivity index is 0.000000377. The summed E-state index contributed by atoms with van der Waals surface area (Å²) < 4.78 is 7.85. The van der Waals surface area contributed by atoms with Crippen molar-refractivity contribution in [3.05, 3.63) is 77.9 Å². The van der Waals surface area contributed by atoms with Crippen LogP contribution in [0.5, 0.6) is 5.75 Å². The van der Waals surface area contributed by atoms with Crippen molar-refractivity contribution in [2.45, 2.75) is 109 Å². The number of imidazole rings is 1. The third kappa shape index (κ3) is 11.0. The first-order valence-corrected chi connectivity index (χ1v) is 16.9. The van der Waals surface area contributed by atoms with E-state index in [9.17, 15) is 4.79 Å². The molecule has 1 aliphatic carbocycles. The van der Waals surface area contributed by atoms with Crippen LogP contribution in [0.1, 0.15) is 88.7 Å². The first-order chi connectivity index (χ1) is 19.8. The summed E-state index contributed by atoms with van der Waals surface area (Å²) in [7, 11) is 0. The average Bonchev–Trinajstić information content (AvgIpc) is 3.52. The van der Waals surface area contributed by atoms with Gasteiger partial charge in [-0.2, -0.15) is 17.5 Å². The number of ether oxygens (including phenoxy) is 1. The SMILES string of the molecule is CCC(C)[B-](C(C)CC)C(C)CC.CSc1ccc(CC2CCc3cc(OCCn4ccnc4)ccc3C2=O)cc1.[K+]. The van der Waals surface area contributed by atoms with Crippen molar-refractivity contribution >= 4 is 24.3 Å². The maximum atomic E-state index is 13.0. The van der Waals surface area contributed by atoms with E-state index in [1.807, 2.05) is 29.0 Å². The Kier molecular flexibility index (Phi) is 17.4. The van der Waals surface area contributed by atoms with E-state index in [0.29, 0.717) is 6.61 Å². The second kappa shape index (κ2) is 19.5. The number of hydrogen-bond acceptors (Lipinski definition) is 4. The Morgan fingerprint density at radius 3 is 2.19 bits per heavy atom. The predicted molar refractivity (Wildman–Crippen MR) is 177 cm³/mol. The van der Waals surface area contributed by atoms with Gasteiger partial charge in [0, 0.05) is 28.8 Å². The molecule has 0 amide bonds. The Labute approximate surface area is 303 Å². The number of Topliss-reactive ketones (excluding diaryl/α,β-unsaturated/α-hetero) is 1. The zero-order valence-electron chi connectivity index (χ0n) is 27.4. The number of aromatic nitrogens is 2. The van der Waals surface area contributed by atoms with Gasteiger partial charge in [-0.1, -0.05) is 72.9 Å². The minimum Gasteiger partial charge on any atom is -0.492 e. The van der Waals surface area contributed by atoms with Crippen LogP contribution in [0, 0.1) is 5.92 Å². The molecule has 4 unspecified atom stereocenters. The normalized spacial score (nSPS) is 16.5. The van der Waals surface area contributed by atoms with E-state index >= 15 is 0 Å². The first-order valence-electron chi connectivity index (χ1n) is 15.7. The molecule has 42 heavy (non-hydrogen) atoms. The summed E-state index contributed by atoms with van der Waals surface area (Å²) in [5.41, 5.74) is 3.21. The molecule has 0 fully saturated rings. The Morgan fingerprint density at radius 2 is 1.64 bits per heavy atom. The van der Waals surface area contributed by atoms with Gasteiger partial charge in [0.25, 0.3) is 0 Å². The molecule has 3 aromatic rings. The summed E-state index contributed by atoms with van der Waals surface area (Å²) in [6, 6.07) is 14.4. The summed E-state index contributed by atoms with van der Waals surface area (Å²) in [6.07, 6.45) is 14.2. The number of nitrogens with zero attached hydrogens (tertiary/aromatic N) is 2. The quantitative estimate of drug-likeness (QED) is 0.162. The van der Waals surface area contributed by atoms with Crippen LogP contribution < -0.4 is 56.1 Å². The van der Waals surface area contributed by atoms with Gasteiger partial charge < -0.3 is 9.30 Å². The van der Waals surface area contributed by atoms with Crippen molar-refractivity contribution in [2.24, 2.45) is 5.92 Å². The zero-order chi connectivity index (χ0) is 29.8. The second-order valence-corrected chi connectivity index (χ2v) is 12.7. The molecule has 0 spiro atoms. The van der Waals surface area contributed by atoms with Gasteiger partial charge in [-0.05, 0) is 67.0 Å². The van der Waals surface area contributed by atoms with Gasteiger partial charge in [0.1, 0.15) is 12.4 Å². The second-order valence-electron chi connectivity index (χ2n) is 11.9. The summed E-state index contributed by atoms with van der Waals surface area (Å²) in [6.45, 7) is 16.5. The van der Waals surface area contributed by atoms with E-state index in [1.165, 1.54) is 29.7 Å². The van der Waals surface area contributed by atoms with Crippen LogP contribution in [0.15, 0.2) is 66.1 Å². The molecule has 0 N–H and O–H groups in total. The summed E-state index contributed by atoms with van der Waals surface area (Å²) in [5.74, 6) is 3.85. The van der Waals surface area contributed by atoms with Crippen LogP contribution in [0.4, 0.5) is 0 Å². The van der Waals surface area contributed by atoms with E-state index in [1.54, 1.807) is 24.3 Å².